The number of amides is 4. The van der Waals surface area contributed by atoms with Crippen molar-refractivity contribution in [2.24, 2.45) is 16.2 Å². The summed E-state index contributed by atoms with van der Waals surface area (Å²) in [5, 5.41) is 29.6. The molecule has 2 saturated heterocycles. The van der Waals surface area contributed by atoms with E-state index < -0.39 is 23.6 Å². The van der Waals surface area contributed by atoms with E-state index in [9.17, 15) is 29.5 Å². The van der Waals surface area contributed by atoms with E-state index in [2.05, 4.69) is 64.5 Å². The Morgan fingerprint density at radius 1 is 0.944 bits per heavy atom. The minimum Gasteiger partial charge on any atom is -0.489 e. The Balaban J connectivity index is 0.816. The summed E-state index contributed by atoms with van der Waals surface area (Å²) < 4.78 is 6.38. The monoisotopic (exact) mass is 1010 g/mol. The van der Waals surface area contributed by atoms with Gasteiger partial charge in [-0.1, -0.05) is 96.5 Å². The number of hydrogen-bond acceptors (Lipinski definition) is 11. The first kappa shape index (κ1) is 53.4. The third kappa shape index (κ3) is 12.5. The van der Waals surface area contributed by atoms with Crippen molar-refractivity contribution in [3.05, 3.63) is 105 Å². The fourth-order valence-electron chi connectivity index (χ4n) is 10.9. The first-order chi connectivity index (χ1) is 33.6. The van der Waals surface area contributed by atoms with Crippen molar-refractivity contribution >= 4 is 46.6 Å². The van der Waals surface area contributed by atoms with Crippen LogP contribution in [0.2, 0.25) is 5.02 Å². The lowest BCUT2D eigenvalue weighted by Gasteiger charge is -2.63. The van der Waals surface area contributed by atoms with Gasteiger partial charge in [0.25, 0.3) is 5.91 Å². The van der Waals surface area contributed by atoms with Crippen LogP contribution in [0.1, 0.15) is 113 Å². The molecule has 3 aliphatic rings. The molecule has 1 aliphatic carbocycles. The van der Waals surface area contributed by atoms with Gasteiger partial charge in [0.05, 0.1) is 45.4 Å². The van der Waals surface area contributed by atoms with Gasteiger partial charge in [-0.15, -0.1) is 11.3 Å². The topological polar surface area (TPSA) is 180 Å². The normalized spacial score (nSPS) is 21.9. The summed E-state index contributed by atoms with van der Waals surface area (Å²) in [7, 11) is 0. The maximum absolute atomic E-state index is 14.2. The van der Waals surface area contributed by atoms with Gasteiger partial charge in [0.15, 0.2) is 0 Å². The van der Waals surface area contributed by atoms with Crippen molar-refractivity contribution in [2.45, 2.75) is 124 Å². The van der Waals surface area contributed by atoms with E-state index in [1.54, 1.807) is 29.5 Å². The summed E-state index contributed by atoms with van der Waals surface area (Å²) in [6.45, 7) is 22.2. The average molecular weight is 1010 g/mol. The number of β-amino-alcohol motifs (C(OH)–C–C–N with tert-alkyl or cyclic N) is 1. The minimum atomic E-state index is -0.893. The van der Waals surface area contributed by atoms with Gasteiger partial charge >= 0.3 is 0 Å². The molecule has 14 nitrogen and oxygen atoms in total. The van der Waals surface area contributed by atoms with Gasteiger partial charge in [-0.25, -0.2) is 4.98 Å². The number of aromatic nitrogens is 1. The van der Waals surface area contributed by atoms with Crippen LogP contribution >= 0.6 is 22.9 Å². The number of aliphatic hydroxyl groups excluding tert-OH is 1. The van der Waals surface area contributed by atoms with Crippen LogP contribution < -0.4 is 20.7 Å². The maximum Gasteiger partial charge on any atom is 0.251 e. The van der Waals surface area contributed by atoms with E-state index >= 15 is 0 Å². The van der Waals surface area contributed by atoms with Gasteiger partial charge in [-0.2, -0.15) is 5.26 Å². The fraction of sp³-hybridized carbons (Fsp3) is 0.527. The van der Waals surface area contributed by atoms with Gasteiger partial charge in [-0.3, -0.25) is 24.1 Å². The standard InChI is InChI=1S/C55H71ClN8O6S/c1-34(37-17-19-38(20-18-37)46-35(2)58-33-71-46)59-49(68)44-28-41(65)31-64(44)50(69)47(53(3,4)5)60-45(66)32-63-26-24-62(25-27-63)23-11-10-12-36-13-15-39(16-14-36)48(67)61-51-54(6,7)52(55(51,8)9)70-42-22-21-40(30-57)43(56)29-42/h13-22,29,33-34,41,44,47,51-52,65H,10-12,23-28,31-32H2,1-9H3,(H,59,68)(H,60,66)(H,61,67)/t34-,41+,44-,47+,51?,52?/m0/s1. The maximum atomic E-state index is 14.2. The van der Waals surface area contributed by atoms with E-state index in [1.807, 2.05) is 88.7 Å². The number of benzene rings is 3. The average Bonchev–Trinajstić information content (AvgIpc) is 3.95. The van der Waals surface area contributed by atoms with Gasteiger partial charge in [-0.05, 0) is 86.0 Å². The number of nitriles is 1. The number of hydrogen-bond donors (Lipinski definition) is 4. The SMILES string of the molecule is Cc1ncsc1-c1ccc([C@H](C)NC(=O)[C@@H]2C[C@@H](O)CN2C(=O)[C@@H](NC(=O)CN2CCN(CCCCc3ccc(C(=O)NC4C(C)(C)C(Oc5ccc(C#N)c(Cl)c5)C4(C)C)cc3)CC2)C(C)(C)C)cc1. The molecule has 4 N–H and O–H groups in total. The van der Waals surface area contributed by atoms with Crippen molar-refractivity contribution in [3.63, 3.8) is 0 Å². The van der Waals surface area contributed by atoms with Crippen LogP contribution in [0.25, 0.3) is 10.4 Å². The minimum absolute atomic E-state index is 0.0147. The molecule has 3 heterocycles. The van der Waals surface area contributed by atoms with Gasteiger partial charge in [0.1, 0.15) is 30.0 Å². The fourth-order valence-corrected chi connectivity index (χ4v) is 11.9. The molecule has 3 fully saturated rings. The predicted molar refractivity (Wildman–Crippen MR) is 278 cm³/mol. The summed E-state index contributed by atoms with van der Waals surface area (Å²) >= 11 is 7.84. The number of nitrogens with one attached hydrogen (secondary N) is 3. The quantitative estimate of drug-likeness (QED) is 0.0772. The zero-order chi connectivity index (χ0) is 51.4. The number of aliphatic hydroxyl groups is 1. The van der Waals surface area contributed by atoms with Crippen molar-refractivity contribution in [3.8, 4) is 22.3 Å². The number of aryl methyl sites for hydroxylation is 2. The number of carbonyl (C=O) groups is 4. The second-order valence-electron chi connectivity index (χ2n) is 22.0. The third-order valence-electron chi connectivity index (χ3n) is 14.7. The number of likely N-dealkylation sites (tertiary alicyclic amines) is 1. The molecular weight excluding hydrogens is 936 g/mol. The number of unbranched alkanes of at least 4 members (excludes halogenated alkanes) is 1. The molecule has 2 aliphatic heterocycles. The Hall–Kier alpha value is -5.37. The highest BCUT2D eigenvalue weighted by Crippen LogP contribution is 2.55. The Morgan fingerprint density at radius 2 is 1.61 bits per heavy atom. The van der Waals surface area contributed by atoms with Crippen molar-refractivity contribution in [1.29, 1.82) is 5.26 Å². The highest BCUT2D eigenvalue weighted by molar-refractivity contribution is 7.13. The first-order valence-electron chi connectivity index (χ1n) is 24.9. The number of nitrogens with zero attached hydrogens (tertiary/aromatic N) is 5. The second kappa shape index (κ2) is 22.2. The van der Waals surface area contributed by atoms with E-state index in [0.717, 1.165) is 73.7 Å². The predicted octanol–water partition coefficient (Wildman–Crippen LogP) is 7.57. The number of rotatable bonds is 17. The molecule has 7 rings (SSSR count). The van der Waals surface area contributed by atoms with Gasteiger partial charge in [0, 0.05) is 67.6 Å². The molecule has 1 aromatic heterocycles. The Kier molecular flexibility index (Phi) is 16.7. The van der Waals surface area contributed by atoms with Crippen LogP contribution in [-0.2, 0) is 20.8 Å². The Labute approximate surface area is 428 Å². The number of halogens is 1. The highest BCUT2D eigenvalue weighted by Gasteiger charge is 2.64. The van der Waals surface area contributed by atoms with Crippen molar-refractivity contribution < 1.29 is 29.0 Å². The summed E-state index contributed by atoms with van der Waals surface area (Å²) in [5.74, 6) is -0.492. The van der Waals surface area contributed by atoms with E-state index in [4.69, 9.17) is 16.3 Å². The molecule has 0 unspecified atom stereocenters. The summed E-state index contributed by atoms with van der Waals surface area (Å²) in [5.41, 5.74) is 5.59. The smallest absolute Gasteiger partial charge is 0.251 e. The molecule has 380 valence electrons. The molecule has 4 aromatic rings. The summed E-state index contributed by atoms with van der Waals surface area (Å²) in [6, 6.07) is 20.8. The van der Waals surface area contributed by atoms with Crippen LogP contribution in [0.4, 0.5) is 0 Å². The van der Waals surface area contributed by atoms with Crippen LogP contribution in [0.3, 0.4) is 0 Å². The first-order valence-corrected chi connectivity index (χ1v) is 26.1. The third-order valence-corrected chi connectivity index (χ3v) is 16.0. The molecule has 4 amide bonds. The number of ether oxygens (including phenoxy) is 1. The molecule has 3 aromatic carbocycles. The van der Waals surface area contributed by atoms with Crippen molar-refractivity contribution in [1.82, 2.24) is 35.6 Å². The molecular formula is C55H71ClN8O6S. The van der Waals surface area contributed by atoms with Crippen LogP contribution in [-0.4, -0.2) is 125 Å². The lowest BCUT2D eigenvalue weighted by molar-refractivity contribution is -0.164. The molecule has 0 bridgehead atoms. The van der Waals surface area contributed by atoms with E-state index in [1.165, 1.54) is 10.5 Å². The zero-order valence-electron chi connectivity index (χ0n) is 42.7. The van der Waals surface area contributed by atoms with E-state index in [-0.39, 0.29) is 72.2 Å². The molecule has 1 saturated carbocycles. The molecule has 16 heteroatoms. The lowest BCUT2D eigenvalue weighted by atomic mass is 9.49. The molecule has 0 radical (unpaired) electrons. The molecule has 0 spiro atoms. The molecule has 71 heavy (non-hydrogen) atoms. The summed E-state index contributed by atoms with van der Waals surface area (Å²) in [4.78, 5) is 66.4. The summed E-state index contributed by atoms with van der Waals surface area (Å²) in [6.07, 6.45) is 2.01. The van der Waals surface area contributed by atoms with Crippen LogP contribution in [0, 0.1) is 34.5 Å². The zero-order valence-corrected chi connectivity index (χ0v) is 44.3. The van der Waals surface area contributed by atoms with Gasteiger partial charge in [0.2, 0.25) is 17.7 Å². The van der Waals surface area contributed by atoms with Crippen molar-refractivity contribution in [2.75, 3.05) is 45.8 Å². The Morgan fingerprint density at radius 3 is 2.21 bits per heavy atom. The van der Waals surface area contributed by atoms with E-state index in [0.29, 0.717) is 21.9 Å². The van der Waals surface area contributed by atoms with Gasteiger partial charge < -0.3 is 35.6 Å². The number of thiazole rings is 1. The number of carbonyl (C=O) groups excluding carboxylic acids is 4. The Bertz CT molecular complexity index is 2560. The highest BCUT2D eigenvalue weighted by atomic mass is 35.5. The van der Waals surface area contributed by atoms with Crippen LogP contribution in [0.15, 0.2) is 72.2 Å². The molecule has 4 atom stereocenters. The van der Waals surface area contributed by atoms with Crippen LogP contribution in [0.5, 0.6) is 5.75 Å². The lowest BCUT2D eigenvalue weighted by Crippen LogP contribution is -2.74. The number of piperazine rings is 1. The largest absolute Gasteiger partial charge is 0.489 e. The second-order valence-corrected chi connectivity index (χ2v) is 23.2.